The van der Waals surface area contributed by atoms with Gasteiger partial charge in [0.05, 0.1) is 69.6 Å². The van der Waals surface area contributed by atoms with Gasteiger partial charge in [0, 0.05) is 44.7 Å². The molecule has 58 nitrogen and oxygen atoms in total. The summed E-state index contributed by atoms with van der Waals surface area (Å²) in [4.78, 5) is 328. The molecule has 820 valence electrons. The number of benzene rings is 2. The maximum Gasteiger partial charge on any atom is 0.326 e. The molecule has 1 aromatic heterocycles. The van der Waals surface area contributed by atoms with Gasteiger partial charge in [-0.15, -0.1) is 0 Å². The number of hydrogen-bond donors (Lipinski definition) is 33. The number of nitrogens with zero attached hydrogens (tertiary/aromatic N) is 1. The van der Waals surface area contributed by atoms with Crippen LogP contribution in [0, 0.1) is 11.8 Å². The average Bonchev–Trinajstić information content (AvgIpc) is 0.868. The second kappa shape index (κ2) is 64.3. The topological polar surface area (TPSA) is 947 Å². The molecule has 20 amide bonds. The molecule has 0 saturated heterocycles. The molecule has 36 N–H and O–H groups in total. The van der Waals surface area contributed by atoms with Crippen molar-refractivity contribution < 1.29 is 166 Å². The summed E-state index contributed by atoms with van der Waals surface area (Å²) in [5.41, 5.74) is 17.7. The number of primary amides is 1. The van der Waals surface area contributed by atoms with Gasteiger partial charge in [-0.3, -0.25) is 110 Å². The Bertz CT molecular complexity index is 5050. The number of hydrogen-bond acceptors (Lipinski definition) is 33. The summed E-state index contributed by atoms with van der Waals surface area (Å²) in [5, 5.41) is 145. The number of carboxylic acid groups (broad SMARTS) is 4. The summed E-state index contributed by atoms with van der Waals surface area (Å²) in [7, 11) is 0. The summed E-state index contributed by atoms with van der Waals surface area (Å²) in [6, 6.07) is -19.0. The first-order valence-corrected chi connectivity index (χ1v) is 46.8. The van der Waals surface area contributed by atoms with Crippen LogP contribution in [0.3, 0.4) is 0 Å². The molecule has 0 fully saturated rings. The number of unbranched alkanes of at least 4 members (excludes halogenated alkanes) is 1. The third-order valence-corrected chi connectivity index (χ3v) is 22.0. The number of aliphatic hydroxyl groups is 5. The first kappa shape index (κ1) is 127. The van der Waals surface area contributed by atoms with Gasteiger partial charge >= 0.3 is 23.9 Å². The van der Waals surface area contributed by atoms with E-state index < -0.39 is 366 Å². The quantitative estimate of drug-likeness (QED) is 0.0233. The Morgan fingerprint density at radius 2 is 0.723 bits per heavy atom. The van der Waals surface area contributed by atoms with Gasteiger partial charge in [0.2, 0.25) is 118 Å². The first-order valence-electron chi connectivity index (χ1n) is 46.8. The summed E-state index contributed by atoms with van der Waals surface area (Å²) < 4.78 is 0. The van der Waals surface area contributed by atoms with Gasteiger partial charge in [0.1, 0.15) is 108 Å². The molecular weight excluding hydrogens is 1960 g/mol. The fourth-order valence-electron chi connectivity index (χ4n) is 13.7. The Kier molecular flexibility index (Phi) is 55.0. The van der Waals surface area contributed by atoms with Gasteiger partial charge in [-0.25, -0.2) is 9.78 Å². The van der Waals surface area contributed by atoms with E-state index in [0.717, 1.165) is 13.8 Å². The monoisotopic (exact) mass is 2100 g/mol. The number of carbonyl (C=O) groups is 24. The van der Waals surface area contributed by atoms with Crippen molar-refractivity contribution in [3.05, 3.63) is 83.9 Å². The number of aromatic hydroxyl groups is 1. The Morgan fingerprint density at radius 3 is 1.17 bits per heavy atom. The van der Waals surface area contributed by atoms with Crippen molar-refractivity contribution in [3.8, 4) is 5.75 Å². The third-order valence-electron chi connectivity index (χ3n) is 22.0. The van der Waals surface area contributed by atoms with Crippen LogP contribution in [0.25, 0.3) is 0 Å². The van der Waals surface area contributed by atoms with Gasteiger partial charge in [-0.05, 0) is 121 Å². The lowest BCUT2D eigenvalue weighted by Gasteiger charge is -2.29. The van der Waals surface area contributed by atoms with E-state index in [9.17, 15) is 166 Å². The minimum Gasteiger partial charge on any atom is -0.508 e. The zero-order chi connectivity index (χ0) is 112. The fraction of sp³-hybridized carbons (Fsp3) is 0.567. The number of nitrogens with two attached hydrogens (primary N) is 3. The smallest absolute Gasteiger partial charge is 0.326 e. The number of rotatable bonds is 68. The molecule has 20 atom stereocenters. The van der Waals surface area contributed by atoms with E-state index in [1.54, 1.807) is 19.9 Å². The van der Waals surface area contributed by atoms with E-state index in [1.165, 1.54) is 95.7 Å². The highest BCUT2D eigenvalue weighted by molar-refractivity contribution is 6.03. The van der Waals surface area contributed by atoms with E-state index >= 15 is 0 Å². The lowest BCUT2D eigenvalue weighted by Crippen LogP contribution is -2.63. The second-order valence-electron chi connectivity index (χ2n) is 35.3. The number of phenols is 1. The lowest BCUT2D eigenvalue weighted by atomic mass is 10.00. The van der Waals surface area contributed by atoms with Crippen LogP contribution in [0.2, 0.25) is 0 Å². The molecule has 148 heavy (non-hydrogen) atoms. The van der Waals surface area contributed by atoms with Gasteiger partial charge in [0.25, 0.3) is 0 Å². The van der Waals surface area contributed by atoms with Crippen LogP contribution >= 0.6 is 0 Å². The molecule has 0 aliphatic carbocycles. The summed E-state index contributed by atoms with van der Waals surface area (Å²) in [6.45, 7) is 5.74. The van der Waals surface area contributed by atoms with E-state index in [1.807, 2.05) is 10.6 Å². The fourth-order valence-corrected chi connectivity index (χ4v) is 13.7. The molecule has 0 saturated carbocycles. The van der Waals surface area contributed by atoms with E-state index in [0.29, 0.717) is 24.1 Å². The van der Waals surface area contributed by atoms with Crippen molar-refractivity contribution in [1.82, 2.24) is 111 Å². The van der Waals surface area contributed by atoms with Crippen LogP contribution in [0.5, 0.6) is 5.75 Å². The van der Waals surface area contributed by atoms with Crippen molar-refractivity contribution in [1.29, 1.82) is 0 Å². The zero-order valence-electron chi connectivity index (χ0n) is 82.6. The predicted molar refractivity (Wildman–Crippen MR) is 512 cm³/mol. The number of H-pyrrole nitrogens is 1. The molecule has 3 rings (SSSR count). The maximum atomic E-state index is 14.6. The van der Waals surface area contributed by atoms with Crippen LogP contribution in [0.4, 0.5) is 0 Å². The Labute approximate surface area is 847 Å². The highest BCUT2D eigenvalue weighted by Crippen LogP contribution is 2.17. The SMILES string of the molecule is CC(C)C[C@H](NC(=O)[C@H](Cc1ccc(O)cc1)NC(=O)[C@H](CO)NC(=O)[C@H](CO)NC(=O)[C@@H](NC(=O)[C@H](CC(=O)O)NC(=O)[C@H](CO)NC(=O)[C@@H](NC(=O)[C@H](Cc1ccccc1)NC(=O)[C@@H](NC(=O)CNC(=O)[C@H](CCC(=O)O)NC(=O)[C@H](C)NC(=O)[C@@H](N)Cc1c[nH]cn1)[C@@H](C)O)[C@@H](C)O)C(C)C)C(=O)N[C@@H](CCC(=O)O)C(=O)NCC(=O)N[C@@H](CCC(N)=O)C(=O)N[C@@H](C)C(=O)N[C@@H](C)C(=O)N[C@@H](CCCCN)C(=O)O. The number of amides is 20. The third kappa shape index (κ3) is 46.2. The number of carbonyl (C=O) groups excluding carboxylic acids is 20. The molecule has 0 bridgehead atoms. The van der Waals surface area contributed by atoms with Crippen molar-refractivity contribution >= 4 is 142 Å². The van der Waals surface area contributed by atoms with Crippen molar-refractivity contribution in [2.45, 2.75) is 273 Å². The normalized spacial score (nSPS) is 15.1. The molecule has 0 radical (unpaired) electrons. The van der Waals surface area contributed by atoms with E-state index in [-0.39, 0.29) is 37.1 Å². The zero-order valence-corrected chi connectivity index (χ0v) is 82.6. The first-order chi connectivity index (χ1) is 69.5. The number of imidazole rings is 1. The lowest BCUT2D eigenvalue weighted by molar-refractivity contribution is -0.142. The Hall–Kier alpha value is -15.5. The van der Waals surface area contributed by atoms with Crippen molar-refractivity contribution in [2.75, 3.05) is 39.5 Å². The number of aromatic nitrogens is 2. The molecular formula is C90H136N24O34. The van der Waals surface area contributed by atoms with E-state index in [4.69, 9.17) is 17.2 Å². The number of nitrogens with one attached hydrogen (secondary N) is 20. The number of phenolic OH excluding ortho intramolecular Hbond substituents is 1. The number of carboxylic acids is 4. The molecule has 58 heteroatoms. The van der Waals surface area contributed by atoms with E-state index in [2.05, 4.69) is 100 Å². The van der Waals surface area contributed by atoms with Crippen LogP contribution in [0.1, 0.15) is 150 Å². The van der Waals surface area contributed by atoms with Crippen LogP contribution in [0.15, 0.2) is 67.1 Å². The molecule has 0 unspecified atom stereocenters. The second-order valence-corrected chi connectivity index (χ2v) is 35.3. The van der Waals surface area contributed by atoms with Gasteiger partial charge < -0.3 is 174 Å². The van der Waals surface area contributed by atoms with Crippen LogP contribution in [-0.2, 0) is 134 Å². The predicted octanol–water partition coefficient (Wildman–Crippen LogP) is -12.9. The summed E-state index contributed by atoms with van der Waals surface area (Å²) in [6.07, 6.45) is -6.27. The molecule has 0 aliphatic heterocycles. The summed E-state index contributed by atoms with van der Waals surface area (Å²) >= 11 is 0. The molecule has 0 aliphatic rings. The van der Waals surface area contributed by atoms with Gasteiger partial charge in [0.15, 0.2) is 0 Å². The Morgan fingerprint density at radius 1 is 0.358 bits per heavy atom. The largest absolute Gasteiger partial charge is 0.508 e. The van der Waals surface area contributed by atoms with Crippen molar-refractivity contribution in [3.63, 3.8) is 0 Å². The number of aliphatic carboxylic acids is 4. The average molecular weight is 2100 g/mol. The molecule has 0 spiro atoms. The maximum absolute atomic E-state index is 14.6. The number of aliphatic hydroxyl groups excluding tert-OH is 5. The van der Waals surface area contributed by atoms with Crippen molar-refractivity contribution in [2.24, 2.45) is 29.0 Å². The Balaban J connectivity index is 1.81. The highest BCUT2D eigenvalue weighted by Gasteiger charge is 2.41. The molecule has 3 aromatic rings. The standard InChI is InChI=1S/C90H136N24O34/c1-41(2)29-57(80(137)103-54(24-27-68(126)127)78(135)95-35-65(122)101-55(22-25-64(93)121)79(136)100-43(5)73(130)98-44(6)75(132)104-56(90(147)148)17-13-14-28-91)105-81(138)58(31-49-18-20-51(120)21-19-49)106-84(141)61(37-115)109-86(143)63(39-117)110-87(144)70(42(3)4)113-83(140)60(33-69(128)129)107-85(142)62(38-116)111-89(146)72(47(9)119)114-82(139)59(30-48-15-11-10-12-16-48)108-88(145)71(46(8)118)112-66(123)36-96-77(134)53(23-26-67(124)125)102-74(131)45(7)99-76(133)52(92)32-50-34-94-40-97-50/h10-12,15-16,18-21,34,40-47,52-63,70-72,115-120H,13-14,17,22-33,35-39,91-92H2,1-9H3,(H2,93,121)(H,94,97)(H,95,135)(H,96,134)(H,98,130)(H,99,133)(H,100,136)(H,101,122)(H,102,131)(H,103,137)(H,104,132)(H,105,138)(H,106,141)(H,107,142)(H,108,145)(H,109,143)(H,110,144)(H,111,146)(H,112,123)(H,113,140)(H,114,139)(H,124,125)(H,126,127)(H,128,129)(H,147,148)/t43-,44-,45-,46+,47+,52-,53-,54-,55-,56-,57-,58-,59-,60-,61-,62-,63-,70-,71-,72-/m0/s1. The number of aromatic amines is 1. The van der Waals surface area contributed by atoms with Crippen LogP contribution < -0.4 is 118 Å². The minimum atomic E-state index is -2.23. The minimum absolute atomic E-state index is 0.0264. The summed E-state index contributed by atoms with van der Waals surface area (Å²) in [5.74, 6) is -31.6. The van der Waals surface area contributed by atoms with Gasteiger partial charge in [-0.2, -0.15) is 0 Å². The molecule has 1 heterocycles. The van der Waals surface area contributed by atoms with Crippen LogP contribution in [-0.4, -0.2) is 363 Å². The highest BCUT2D eigenvalue weighted by atomic mass is 16.4. The molecule has 2 aromatic carbocycles. The van der Waals surface area contributed by atoms with Gasteiger partial charge in [-0.1, -0.05) is 70.2 Å².